The Balaban J connectivity index is 1.84. The minimum Gasteiger partial charge on any atom is -0.465 e. The number of benzene rings is 2. The van der Waals surface area contributed by atoms with Gasteiger partial charge in [0.05, 0.1) is 6.61 Å². The van der Waals surface area contributed by atoms with E-state index in [0.29, 0.717) is 31.6 Å². The van der Waals surface area contributed by atoms with Crippen LogP contribution in [0.3, 0.4) is 0 Å². The van der Waals surface area contributed by atoms with E-state index in [2.05, 4.69) is 30.1 Å². The number of nitrogens with one attached hydrogen (secondary N) is 1. The second-order valence-corrected chi connectivity index (χ2v) is 8.69. The number of carbonyl (C=O) groups excluding carboxylic acids is 2. The average molecular weight is 423 g/mol. The Hall–Kier alpha value is -2.82. The topological polar surface area (TPSA) is 58.6 Å². The molecule has 1 amide bonds. The molecule has 2 aromatic rings. The van der Waals surface area contributed by atoms with Gasteiger partial charge in [0.2, 0.25) is 5.91 Å². The van der Waals surface area contributed by atoms with Crippen LogP contribution in [-0.2, 0) is 27.2 Å². The molecule has 0 saturated heterocycles. The van der Waals surface area contributed by atoms with Gasteiger partial charge in [-0.15, -0.1) is 0 Å². The van der Waals surface area contributed by atoms with Crippen molar-refractivity contribution in [2.24, 2.45) is 11.3 Å². The summed E-state index contributed by atoms with van der Waals surface area (Å²) in [5, 5.41) is 3.00. The molecule has 0 spiro atoms. The predicted molar refractivity (Wildman–Crippen MR) is 125 cm³/mol. The van der Waals surface area contributed by atoms with Crippen molar-refractivity contribution in [3.05, 3.63) is 59.7 Å². The van der Waals surface area contributed by atoms with Gasteiger partial charge in [-0.3, -0.25) is 9.59 Å². The summed E-state index contributed by atoms with van der Waals surface area (Å²) >= 11 is 0. The van der Waals surface area contributed by atoms with Gasteiger partial charge < -0.3 is 15.0 Å². The Morgan fingerprint density at radius 3 is 2.29 bits per heavy atom. The summed E-state index contributed by atoms with van der Waals surface area (Å²) in [6.45, 7) is 10.4. The first-order valence-electron chi connectivity index (χ1n) is 11.3. The van der Waals surface area contributed by atoms with Crippen LogP contribution in [0.1, 0.15) is 45.2 Å². The summed E-state index contributed by atoms with van der Waals surface area (Å²) in [6, 6.07) is 15.8. The molecule has 5 heteroatoms. The van der Waals surface area contributed by atoms with Gasteiger partial charge in [0.15, 0.2) is 5.41 Å². The van der Waals surface area contributed by atoms with Crippen molar-refractivity contribution in [3.63, 3.8) is 0 Å². The molecular weight excluding hydrogens is 388 g/mol. The molecule has 0 fully saturated rings. The maximum Gasteiger partial charge on any atom is 0.322 e. The number of aryl methyl sites for hydroxylation is 1. The van der Waals surface area contributed by atoms with Crippen LogP contribution in [0.5, 0.6) is 0 Å². The van der Waals surface area contributed by atoms with Crippen LogP contribution in [-0.4, -0.2) is 31.6 Å². The Kier molecular flexibility index (Phi) is 7.37. The number of ether oxygens (including phenoxy) is 1. The Morgan fingerprint density at radius 2 is 1.68 bits per heavy atom. The number of carbonyl (C=O) groups is 2. The van der Waals surface area contributed by atoms with Crippen LogP contribution >= 0.6 is 0 Å². The molecule has 0 saturated carbocycles. The average Bonchev–Trinajstić information content (AvgIpc) is 2.78. The molecule has 0 aromatic heterocycles. The van der Waals surface area contributed by atoms with E-state index >= 15 is 0 Å². The third kappa shape index (κ3) is 5.09. The Bertz CT molecular complexity index is 903. The van der Waals surface area contributed by atoms with Gasteiger partial charge in [0, 0.05) is 24.5 Å². The van der Waals surface area contributed by atoms with E-state index in [4.69, 9.17) is 4.74 Å². The third-order valence-electron chi connectivity index (χ3n) is 6.06. The normalized spacial score (nSPS) is 17.7. The maximum atomic E-state index is 13.5. The van der Waals surface area contributed by atoms with Crippen molar-refractivity contribution in [1.29, 1.82) is 0 Å². The number of fused-ring (bicyclic) bond motifs is 1. The van der Waals surface area contributed by atoms with Gasteiger partial charge in [0.1, 0.15) is 0 Å². The van der Waals surface area contributed by atoms with Gasteiger partial charge in [-0.05, 0) is 74.4 Å². The highest BCUT2D eigenvalue weighted by Gasteiger charge is 2.49. The Morgan fingerprint density at radius 1 is 1.03 bits per heavy atom. The molecule has 1 aliphatic carbocycles. The molecule has 0 heterocycles. The van der Waals surface area contributed by atoms with Crippen LogP contribution in [0.2, 0.25) is 0 Å². The first kappa shape index (κ1) is 22.9. The van der Waals surface area contributed by atoms with Crippen molar-refractivity contribution in [2.75, 3.05) is 29.9 Å². The zero-order valence-corrected chi connectivity index (χ0v) is 19.1. The molecule has 1 atom stereocenters. The van der Waals surface area contributed by atoms with Crippen molar-refractivity contribution >= 4 is 23.3 Å². The second kappa shape index (κ2) is 9.99. The summed E-state index contributed by atoms with van der Waals surface area (Å²) in [4.78, 5) is 28.9. The maximum absolute atomic E-state index is 13.5. The molecule has 0 radical (unpaired) electrons. The zero-order chi connectivity index (χ0) is 22.4. The number of hydrogen-bond donors (Lipinski definition) is 1. The first-order valence-corrected chi connectivity index (χ1v) is 11.3. The number of amides is 1. The van der Waals surface area contributed by atoms with Crippen molar-refractivity contribution < 1.29 is 14.3 Å². The molecule has 31 heavy (non-hydrogen) atoms. The standard InChI is InChI=1S/C26H34N2O3/c1-5-28(6-2)23-13-11-22(12-14-23)27-24(29)26(25(30)31-18-19(3)4)16-15-20-9-7-8-10-21(20)17-26/h7-14,19H,5-6,15-18H2,1-4H3,(H,27,29). The fourth-order valence-corrected chi connectivity index (χ4v) is 4.17. The molecule has 0 bridgehead atoms. The predicted octanol–water partition coefficient (Wildman–Crippen LogP) is 4.85. The fraction of sp³-hybridized carbons (Fsp3) is 0.462. The quantitative estimate of drug-likeness (QED) is 0.488. The number of rotatable bonds is 8. The van der Waals surface area contributed by atoms with Gasteiger partial charge in [-0.25, -0.2) is 0 Å². The van der Waals surface area contributed by atoms with Gasteiger partial charge in [-0.2, -0.15) is 0 Å². The fourth-order valence-electron chi connectivity index (χ4n) is 4.17. The molecule has 1 N–H and O–H groups in total. The van der Waals surface area contributed by atoms with E-state index in [0.717, 1.165) is 24.3 Å². The molecule has 1 aliphatic rings. The van der Waals surface area contributed by atoms with E-state index in [1.807, 2.05) is 56.3 Å². The van der Waals surface area contributed by atoms with Crippen LogP contribution in [0.15, 0.2) is 48.5 Å². The van der Waals surface area contributed by atoms with Gasteiger partial charge >= 0.3 is 5.97 Å². The lowest BCUT2D eigenvalue weighted by Gasteiger charge is -2.35. The number of hydrogen-bond acceptors (Lipinski definition) is 4. The summed E-state index contributed by atoms with van der Waals surface area (Å²) in [6.07, 6.45) is 1.50. The minimum absolute atomic E-state index is 0.215. The third-order valence-corrected chi connectivity index (χ3v) is 6.06. The van der Waals surface area contributed by atoms with Gasteiger partial charge in [-0.1, -0.05) is 38.1 Å². The lowest BCUT2D eigenvalue weighted by Crippen LogP contribution is -2.48. The molecule has 2 aromatic carbocycles. The Labute approximate surface area is 185 Å². The molecule has 0 aliphatic heterocycles. The van der Waals surface area contributed by atoms with Crippen LogP contribution in [0, 0.1) is 11.3 Å². The highest BCUT2D eigenvalue weighted by Crippen LogP contribution is 2.38. The smallest absolute Gasteiger partial charge is 0.322 e. The van der Waals surface area contributed by atoms with Crippen LogP contribution in [0.4, 0.5) is 11.4 Å². The molecule has 3 rings (SSSR count). The lowest BCUT2D eigenvalue weighted by atomic mass is 9.70. The van der Waals surface area contributed by atoms with Crippen LogP contribution < -0.4 is 10.2 Å². The van der Waals surface area contributed by atoms with E-state index < -0.39 is 11.4 Å². The van der Waals surface area contributed by atoms with E-state index in [-0.39, 0.29) is 11.8 Å². The summed E-state index contributed by atoms with van der Waals surface area (Å²) < 4.78 is 5.59. The SMILES string of the molecule is CCN(CC)c1ccc(NC(=O)C2(C(=O)OCC(C)C)CCc3ccccc3C2)cc1. The highest BCUT2D eigenvalue weighted by atomic mass is 16.5. The number of esters is 1. The van der Waals surface area contributed by atoms with Crippen molar-refractivity contribution in [1.82, 2.24) is 0 Å². The number of anilines is 2. The number of nitrogens with zero attached hydrogens (tertiary/aromatic N) is 1. The zero-order valence-electron chi connectivity index (χ0n) is 19.1. The monoisotopic (exact) mass is 422 g/mol. The summed E-state index contributed by atoms with van der Waals surface area (Å²) in [5.41, 5.74) is 2.84. The largest absolute Gasteiger partial charge is 0.465 e. The molecule has 166 valence electrons. The van der Waals surface area contributed by atoms with Crippen molar-refractivity contribution in [2.45, 2.75) is 47.0 Å². The second-order valence-electron chi connectivity index (χ2n) is 8.69. The first-order chi connectivity index (χ1) is 14.9. The molecular formula is C26H34N2O3. The minimum atomic E-state index is -1.21. The lowest BCUT2D eigenvalue weighted by molar-refractivity contribution is -0.161. The van der Waals surface area contributed by atoms with Gasteiger partial charge in [0.25, 0.3) is 0 Å². The van der Waals surface area contributed by atoms with E-state index in [1.165, 1.54) is 5.56 Å². The summed E-state index contributed by atoms with van der Waals surface area (Å²) in [5.74, 6) is -0.494. The molecule has 5 nitrogen and oxygen atoms in total. The highest BCUT2D eigenvalue weighted by molar-refractivity contribution is 6.09. The molecule has 1 unspecified atom stereocenters. The van der Waals surface area contributed by atoms with Crippen LogP contribution in [0.25, 0.3) is 0 Å². The van der Waals surface area contributed by atoms with Crippen molar-refractivity contribution in [3.8, 4) is 0 Å². The van der Waals surface area contributed by atoms with E-state index in [9.17, 15) is 9.59 Å². The summed E-state index contributed by atoms with van der Waals surface area (Å²) in [7, 11) is 0. The van der Waals surface area contributed by atoms with E-state index in [1.54, 1.807) is 0 Å².